The van der Waals surface area contributed by atoms with Crippen LogP contribution in [0.2, 0.25) is 0 Å². The van der Waals surface area contributed by atoms with E-state index in [9.17, 15) is 19.8 Å². The number of aliphatic carboxylic acids is 1. The number of aliphatic hydroxyl groups excluding tert-OH is 1. The van der Waals surface area contributed by atoms with Crippen LogP contribution in [0.5, 0.6) is 0 Å². The number of nitrogens with zero attached hydrogens (tertiary/aromatic N) is 3. The number of carboxylic acid groups (broad SMARTS) is 1. The van der Waals surface area contributed by atoms with Crippen LogP contribution in [0.1, 0.15) is 16.9 Å². The lowest BCUT2D eigenvalue weighted by atomic mass is 10.1. The Morgan fingerprint density at radius 2 is 2.05 bits per heavy atom. The number of hydrogen-bond acceptors (Lipinski definition) is 4. The summed E-state index contributed by atoms with van der Waals surface area (Å²) in [5.74, 6) is -1.57. The van der Waals surface area contributed by atoms with Gasteiger partial charge in [0.15, 0.2) is 5.69 Å². The SMILES string of the molecule is Cn1nc(C(=O)N2C[C@H](O)C[C@H]2C(=O)O)c2ccccc21. The number of likely N-dealkylation sites (tertiary alicyclic amines) is 1. The molecule has 1 aromatic heterocycles. The Bertz CT molecular complexity index is 724. The monoisotopic (exact) mass is 289 g/mol. The van der Waals surface area contributed by atoms with Crippen LogP contribution >= 0.6 is 0 Å². The number of hydrogen-bond donors (Lipinski definition) is 2. The number of benzene rings is 1. The molecule has 2 heterocycles. The zero-order valence-corrected chi connectivity index (χ0v) is 11.4. The first-order chi connectivity index (χ1) is 9.99. The van der Waals surface area contributed by atoms with Crippen LogP contribution in [-0.4, -0.2) is 55.5 Å². The molecule has 2 atom stereocenters. The first-order valence-electron chi connectivity index (χ1n) is 6.62. The van der Waals surface area contributed by atoms with Crippen molar-refractivity contribution in [1.29, 1.82) is 0 Å². The Balaban J connectivity index is 2.02. The van der Waals surface area contributed by atoms with E-state index in [1.807, 2.05) is 12.1 Å². The maximum atomic E-state index is 12.6. The minimum Gasteiger partial charge on any atom is -0.480 e. The molecule has 110 valence electrons. The number of aryl methyl sites for hydroxylation is 1. The minimum absolute atomic E-state index is 0.0146. The fourth-order valence-corrected chi connectivity index (χ4v) is 2.78. The summed E-state index contributed by atoms with van der Waals surface area (Å²) in [6.07, 6.45) is -0.767. The van der Waals surface area contributed by atoms with Crippen LogP contribution in [0, 0.1) is 0 Å². The maximum absolute atomic E-state index is 12.6. The standard InChI is InChI=1S/C14H15N3O4/c1-16-10-5-3-2-4-9(10)12(15-16)13(19)17-7-8(18)6-11(17)14(20)21/h2-5,8,11,18H,6-7H2,1H3,(H,20,21)/t8-,11+/m1/s1. The summed E-state index contributed by atoms with van der Waals surface area (Å²) in [5.41, 5.74) is 1.01. The molecule has 3 rings (SSSR count). The summed E-state index contributed by atoms with van der Waals surface area (Å²) in [6, 6.07) is 6.25. The third-order valence-electron chi connectivity index (χ3n) is 3.79. The predicted octanol–water partition coefficient (Wildman–Crippen LogP) is 0.233. The van der Waals surface area contributed by atoms with Crippen LogP contribution in [0.4, 0.5) is 0 Å². The second-order valence-corrected chi connectivity index (χ2v) is 5.19. The molecule has 0 saturated carbocycles. The summed E-state index contributed by atoms with van der Waals surface area (Å²) < 4.78 is 1.59. The average molecular weight is 289 g/mol. The van der Waals surface area contributed by atoms with Gasteiger partial charge in [0, 0.05) is 25.4 Å². The molecule has 0 spiro atoms. The molecule has 0 radical (unpaired) electrons. The Morgan fingerprint density at radius 1 is 1.33 bits per heavy atom. The lowest BCUT2D eigenvalue weighted by Crippen LogP contribution is -2.40. The third kappa shape index (κ3) is 2.15. The van der Waals surface area contributed by atoms with E-state index >= 15 is 0 Å². The van der Waals surface area contributed by atoms with Crippen molar-refractivity contribution < 1.29 is 19.8 Å². The Hall–Kier alpha value is -2.41. The normalized spacial score (nSPS) is 21.9. The molecule has 0 aliphatic carbocycles. The van der Waals surface area contributed by atoms with Gasteiger partial charge in [-0.3, -0.25) is 9.48 Å². The summed E-state index contributed by atoms with van der Waals surface area (Å²) in [7, 11) is 1.73. The second-order valence-electron chi connectivity index (χ2n) is 5.19. The van der Waals surface area contributed by atoms with Crippen molar-refractivity contribution in [3.05, 3.63) is 30.0 Å². The van der Waals surface area contributed by atoms with E-state index in [-0.39, 0.29) is 18.7 Å². The van der Waals surface area contributed by atoms with Crippen LogP contribution in [0.15, 0.2) is 24.3 Å². The van der Waals surface area contributed by atoms with Gasteiger partial charge in [-0.2, -0.15) is 5.10 Å². The molecule has 1 saturated heterocycles. The number of aromatic nitrogens is 2. The highest BCUT2D eigenvalue weighted by molar-refractivity contribution is 6.06. The van der Waals surface area contributed by atoms with Crippen molar-refractivity contribution in [2.45, 2.75) is 18.6 Å². The first kappa shape index (κ1) is 13.6. The van der Waals surface area contributed by atoms with Gasteiger partial charge < -0.3 is 15.1 Å². The molecule has 1 aliphatic rings. The zero-order valence-electron chi connectivity index (χ0n) is 11.4. The van der Waals surface area contributed by atoms with Crippen molar-refractivity contribution >= 4 is 22.8 Å². The molecule has 1 aromatic carbocycles. The van der Waals surface area contributed by atoms with E-state index in [2.05, 4.69) is 5.10 Å². The van der Waals surface area contributed by atoms with Crippen molar-refractivity contribution in [2.24, 2.45) is 7.05 Å². The van der Waals surface area contributed by atoms with Crippen LogP contribution < -0.4 is 0 Å². The highest BCUT2D eigenvalue weighted by Crippen LogP contribution is 2.24. The topological polar surface area (TPSA) is 95.7 Å². The van der Waals surface area contributed by atoms with Gasteiger partial charge in [-0.05, 0) is 6.07 Å². The molecule has 1 amide bonds. The van der Waals surface area contributed by atoms with Gasteiger partial charge in [0.2, 0.25) is 0 Å². The summed E-state index contributed by atoms with van der Waals surface area (Å²) in [4.78, 5) is 25.0. The summed E-state index contributed by atoms with van der Waals surface area (Å²) in [5, 5.41) is 23.7. The number of rotatable bonds is 2. The predicted molar refractivity (Wildman–Crippen MR) is 73.8 cm³/mol. The highest BCUT2D eigenvalue weighted by Gasteiger charge is 2.40. The van der Waals surface area contributed by atoms with E-state index in [0.29, 0.717) is 5.39 Å². The van der Waals surface area contributed by atoms with Gasteiger partial charge in [0.1, 0.15) is 6.04 Å². The molecule has 1 aliphatic heterocycles. The van der Waals surface area contributed by atoms with E-state index in [1.165, 1.54) is 4.90 Å². The molecule has 7 heteroatoms. The number of β-amino-alcohol motifs (C(OH)–C–C–N with tert-alkyl or cyclic N) is 1. The number of carboxylic acids is 1. The Labute approximate surface area is 120 Å². The van der Waals surface area contributed by atoms with Crippen LogP contribution in [0.3, 0.4) is 0 Å². The Morgan fingerprint density at radius 3 is 2.76 bits per heavy atom. The molecule has 1 fully saturated rings. The Kier molecular flexibility index (Phi) is 3.13. The number of amides is 1. The van der Waals surface area contributed by atoms with Crippen LogP contribution in [0.25, 0.3) is 10.9 Å². The average Bonchev–Trinajstić information content (AvgIpc) is 3.00. The lowest BCUT2D eigenvalue weighted by molar-refractivity contribution is -0.141. The molecule has 0 unspecified atom stereocenters. The third-order valence-corrected chi connectivity index (χ3v) is 3.79. The molecule has 7 nitrogen and oxygen atoms in total. The number of fused-ring (bicyclic) bond motifs is 1. The molecule has 2 N–H and O–H groups in total. The zero-order chi connectivity index (χ0) is 15.1. The maximum Gasteiger partial charge on any atom is 0.326 e. The quantitative estimate of drug-likeness (QED) is 0.825. The van der Waals surface area contributed by atoms with E-state index in [0.717, 1.165) is 5.52 Å². The number of aliphatic hydroxyl groups is 1. The summed E-state index contributed by atoms with van der Waals surface area (Å²) in [6.45, 7) is 0.0146. The van der Waals surface area contributed by atoms with Gasteiger partial charge in [0.25, 0.3) is 5.91 Å². The molecular formula is C14H15N3O4. The smallest absolute Gasteiger partial charge is 0.326 e. The molecule has 2 aromatic rings. The van der Waals surface area contributed by atoms with Crippen molar-refractivity contribution in [2.75, 3.05) is 6.54 Å². The van der Waals surface area contributed by atoms with Gasteiger partial charge in [-0.1, -0.05) is 18.2 Å². The largest absolute Gasteiger partial charge is 0.480 e. The molecule has 0 bridgehead atoms. The fourth-order valence-electron chi connectivity index (χ4n) is 2.78. The second kappa shape index (κ2) is 4.85. The highest BCUT2D eigenvalue weighted by atomic mass is 16.4. The lowest BCUT2D eigenvalue weighted by Gasteiger charge is -2.20. The van der Waals surface area contributed by atoms with E-state index in [4.69, 9.17) is 0 Å². The number of para-hydroxylation sites is 1. The van der Waals surface area contributed by atoms with Gasteiger partial charge in [-0.15, -0.1) is 0 Å². The van der Waals surface area contributed by atoms with Gasteiger partial charge >= 0.3 is 5.97 Å². The fraction of sp³-hybridized carbons (Fsp3) is 0.357. The van der Waals surface area contributed by atoms with Crippen molar-refractivity contribution in [1.82, 2.24) is 14.7 Å². The minimum atomic E-state index is -1.11. The van der Waals surface area contributed by atoms with Crippen molar-refractivity contribution in [3.63, 3.8) is 0 Å². The van der Waals surface area contributed by atoms with Crippen molar-refractivity contribution in [3.8, 4) is 0 Å². The van der Waals surface area contributed by atoms with E-state index < -0.39 is 24.0 Å². The molecular weight excluding hydrogens is 274 g/mol. The summed E-state index contributed by atoms with van der Waals surface area (Å²) >= 11 is 0. The first-order valence-corrected chi connectivity index (χ1v) is 6.62. The number of carbonyl (C=O) groups excluding carboxylic acids is 1. The van der Waals surface area contributed by atoms with Gasteiger partial charge in [-0.25, -0.2) is 4.79 Å². The van der Waals surface area contributed by atoms with Gasteiger partial charge in [0.05, 0.1) is 11.6 Å². The van der Waals surface area contributed by atoms with Crippen LogP contribution in [-0.2, 0) is 11.8 Å². The van der Waals surface area contributed by atoms with E-state index in [1.54, 1.807) is 23.9 Å². The number of carbonyl (C=O) groups is 2. The molecule has 21 heavy (non-hydrogen) atoms.